The van der Waals surface area contributed by atoms with Gasteiger partial charge in [-0.25, -0.2) is 4.79 Å². The van der Waals surface area contributed by atoms with Crippen LogP contribution in [0.25, 0.3) is 0 Å². The molecule has 0 amide bonds. The van der Waals surface area contributed by atoms with Crippen LogP contribution in [0.2, 0.25) is 0 Å². The second kappa shape index (κ2) is 6.99. The van der Waals surface area contributed by atoms with E-state index >= 15 is 0 Å². The van der Waals surface area contributed by atoms with Gasteiger partial charge in [-0.2, -0.15) is 12.6 Å². The van der Waals surface area contributed by atoms with Crippen molar-refractivity contribution in [3.63, 3.8) is 0 Å². The number of aliphatic hydroxyl groups excluding tert-OH is 2. The zero-order valence-corrected chi connectivity index (χ0v) is 12.7. The van der Waals surface area contributed by atoms with Gasteiger partial charge in [-0.3, -0.25) is 14.3 Å². The number of aromatic nitrogens is 2. The van der Waals surface area contributed by atoms with E-state index in [-0.39, 0.29) is 11.5 Å². The number of aromatic amines is 1. The summed E-state index contributed by atoms with van der Waals surface area (Å²) in [6.07, 6.45) is -2.64. The fraction of sp³-hybridized carbons (Fsp3) is 0.636. The van der Waals surface area contributed by atoms with Crippen LogP contribution >= 0.6 is 25.3 Å². The molecule has 10 heteroatoms. The van der Waals surface area contributed by atoms with Crippen LogP contribution in [0.4, 0.5) is 0 Å². The monoisotopic (exact) mass is 336 g/mol. The molecule has 2 heterocycles. The lowest BCUT2D eigenvalue weighted by Crippen LogP contribution is -2.40. The van der Waals surface area contributed by atoms with Crippen LogP contribution < -0.4 is 11.2 Å². The minimum absolute atomic E-state index is 0.0214. The summed E-state index contributed by atoms with van der Waals surface area (Å²) in [5, 5.41) is 19.3. The van der Waals surface area contributed by atoms with E-state index in [4.69, 9.17) is 9.47 Å². The third kappa shape index (κ3) is 3.35. The Kier molecular flexibility index (Phi) is 5.52. The summed E-state index contributed by atoms with van der Waals surface area (Å²) in [6, 6.07) is 0. The molecule has 1 saturated heterocycles. The van der Waals surface area contributed by atoms with E-state index in [0.29, 0.717) is 5.75 Å². The zero-order valence-electron chi connectivity index (χ0n) is 10.9. The molecule has 0 unspecified atom stereocenters. The van der Waals surface area contributed by atoms with Crippen molar-refractivity contribution in [3.8, 4) is 0 Å². The summed E-state index contributed by atoms with van der Waals surface area (Å²) in [6.45, 7) is -0.196. The lowest BCUT2D eigenvalue weighted by molar-refractivity contribution is -0.0714. The first-order valence-electron chi connectivity index (χ1n) is 6.21. The number of nitrogens with one attached hydrogen (secondary N) is 1. The number of H-pyrrole nitrogens is 1. The van der Waals surface area contributed by atoms with E-state index in [1.54, 1.807) is 0 Å². The highest BCUT2D eigenvalue weighted by molar-refractivity contribution is 7.80. The molecule has 1 fully saturated rings. The molecule has 1 aromatic heterocycles. The molecule has 1 aromatic rings. The highest BCUT2D eigenvalue weighted by Gasteiger charge is 2.45. The molecule has 2 rings (SSSR count). The molecule has 8 nitrogen and oxygen atoms in total. The van der Waals surface area contributed by atoms with Crippen LogP contribution in [0.1, 0.15) is 6.23 Å². The Bertz CT molecular complexity index is 603. The number of aliphatic hydroxyl groups is 2. The predicted molar refractivity (Wildman–Crippen MR) is 79.2 cm³/mol. The lowest BCUT2D eigenvalue weighted by atomic mass is 10.1. The maximum atomic E-state index is 11.9. The molecule has 0 aromatic carbocycles. The summed E-state index contributed by atoms with van der Waals surface area (Å²) in [5.41, 5.74) is -1.34. The van der Waals surface area contributed by atoms with Crippen molar-refractivity contribution in [3.05, 3.63) is 27.0 Å². The van der Waals surface area contributed by atoms with Crippen molar-refractivity contribution in [2.24, 2.45) is 0 Å². The maximum Gasteiger partial charge on any atom is 0.330 e. The van der Waals surface area contributed by atoms with Gasteiger partial charge in [0.25, 0.3) is 5.56 Å². The molecule has 0 saturated carbocycles. The van der Waals surface area contributed by atoms with Crippen LogP contribution in [-0.4, -0.2) is 57.0 Å². The number of nitrogens with zero attached hydrogens (tertiary/aromatic N) is 1. The number of thiol groups is 2. The number of ether oxygens (including phenoxy) is 2. The van der Waals surface area contributed by atoms with E-state index < -0.39 is 42.4 Å². The van der Waals surface area contributed by atoms with Gasteiger partial charge in [-0.1, -0.05) is 0 Å². The highest BCUT2D eigenvalue weighted by atomic mass is 32.1. The Morgan fingerprint density at radius 2 is 2.19 bits per heavy atom. The van der Waals surface area contributed by atoms with Crippen LogP contribution in [0.15, 0.2) is 20.7 Å². The van der Waals surface area contributed by atoms with Gasteiger partial charge in [-0.05, 0) is 0 Å². The lowest BCUT2D eigenvalue weighted by Gasteiger charge is -2.22. The fourth-order valence-corrected chi connectivity index (χ4v) is 2.41. The first-order chi connectivity index (χ1) is 9.99. The Morgan fingerprint density at radius 1 is 1.48 bits per heavy atom. The van der Waals surface area contributed by atoms with Crippen molar-refractivity contribution >= 4 is 25.3 Å². The summed E-state index contributed by atoms with van der Waals surface area (Å²) >= 11 is 7.96. The molecule has 1 aliphatic rings. The molecule has 0 spiro atoms. The summed E-state index contributed by atoms with van der Waals surface area (Å²) in [7, 11) is 0. The van der Waals surface area contributed by atoms with Crippen LogP contribution in [-0.2, 0) is 9.47 Å². The molecule has 0 radical (unpaired) electrons. The predicted octanol–water partition coefficient (Wildman–Crippen LogP) is -1.61. The normalized spacial score (nSPS) is 29.0. The van der Waals surface area contributed by atoms with Crippen LogP contribution in [0.3, 0.4) is 0 Å². The van der Waals surface area contributed by atoms with Crippen molar-refractivity contribution in [2.75, 3.05) is 19.0 Å². The molecule has 118 valence electrons. The zero-order chi connectivity index (χ0) is 15.6. The average molecular weight is 336 g/mol. The second-order valence-corrected chi connectivity index (χ2v) is 5.41. The molecular formula is C11H16N2O6S2. The minimum Gasteiger partial charge on any atom is -0.394 e. The summed E-state index contributed by atoms with van der Waals surface area (Å²) in [5.74, 6) is 0.415. The Balaban J connectivity index is 2.37. The summed E-state index contributed by atoms with van der Waals surface area (Å²) in [4.78, 5) is 25.3. The van der Waals surface area contributed by atoms with Crippen molar-refractivity contribution < 1.29 is 19.7 Å². The van der Waals surface area contributed by atoms with E-state index in [1.165, 1.54) is 6.20 Å². The third-order valence-corrected chi connectivity index (χ3v) is 3.62. The van der Waals surface area contributed by atoms with E-state index in [1.807, 2.05) is 0 Å². The van der Waals surface area contributed by atoms with E-state index in [0.717, 1.165) is 4.57 Å². The molecule has 3 N–H and O–H groups in total. The quantitative estimate of drug-likeness (QED) is 0.414. The van der Waals surface area contributed by atoms with Gasteiger partial charge in [0.15, 0.2) is 6.23 Å². The van der Waals surface area contributed by atoms with E-state index in [9.17, 15) is 19.8 Å². The number of hydrogen-bond acceptors (Lipinski definition) is 8. The summed E-state index contributed by atoms with van der Waals surface area (Å²) < 4.78 is 12.0. The van der Waals surface area contributed by atoms with Gasteiger partial charge in [-0.15, -0.1) is 12.6 Å². The van der Waals surface area contributed by atoms with Gasteiger partial charge in [0, 0.05) is 11.9 Å². The van der Waals surface area contributed by atoms with Crippen LogP contribution in [0.5, 0.6) is 0 Å². The van der Waals surface area contributed by atoms with Gasteiger partial charge < -0.3 is 19.7 Å². The first kappa shape index (κ1) is 16.6. The molecular weight excluding hydrogens is 320 g/mol. The van der Waals surface area contributed by atoms with Gasteiger partial charge in [0.2, 0.25) is 0 Å². The maximum absolute atomic E-state index is 11.9. The van der Waals surface area contributed by atoms with Crippen molar-refractivity contribution in [2.45, 2.75) is 29.4 Å². The van der Waals surface area contributed by atoms with Crippen molar-refractivity contribution in [1.29, 1.82) is 0 Å². The second-order valence-electron chi connectivity index (χ2n) is 4.48. The fourth-order valence-electron chi connectivity index (χ4n) is 2.13. The van der Waals surface area contributed by atoms with Crippen LogP contribution in [0, 0.1) is 0 Å². The minimum atomic E-state index is -1.11. The Hall–Kier alpha value is -0.780. The van der Waals surface area contributed by atoms with Crippen molar-refractivity contribution in [1.82, 2.24) is 9.55 Å². The standard InChI is InChI=1S/C11H16N2O6S2/c14-4-5-7(15)8(18-1-2-20)10(19-5)13-3-6(21)9(16)12-11(13)17/h3,5,7-8,10,14-15,20-21H,1-2,4H2,(H,12,16,17)/t5-,7-,8-,10-/m1/s1. The van der Waals surface area contributed by atoms with Gasteiger partial charge in [0.05, 0.1) is 18.1 Å². The smallest absolute Gasteiger partial charge is 0.330 e. The topological polar surface area (TPSA) is 114 Å². The molecule has 0 aliphatic carbocycles. The largest absolute Gasteiger partial charge is 0.394 e. The average Bonchev–Trinajstić information content (AvgIpc) is 2.77. The Labute approximate surface area is 130 Å². The highest BCUT2D eigenvalue weighted by Crippen LogP contribution is 2.30. The van der Waals surface area contributed by atoms with E-state index in [2.05, 4.69) is 30.2 Å². The number of hydrogen-bond donors (Lipinski definition) is 5. The van der Waals surface area contributed by atoms with Gasteiger partial charge >= 0.3 is 5.69 Å². The number of rotatable bonds is 5. The molecule has 4 atom stereocenters. The Morgan fingerprint density at radius 3 is 2.81 bits per heavy atom. The first-order valence-corrected chi connectivity index (χ1v) is 7.28. The molecule has 21 heavy (non-hydrogen) atoms. The third-order valence-electron chi connectivity index (χ3n) is 3.12. The molecule has 0 bridgehead atoms. The molecule has 1 aliphatic heterocycles. The SMILES string of the molecule is O=c1[nH]c(=O)n([C@@H]2O[C@H](CO)[C@@H](O)[C@H]2OCCS)cc1S. The van der Waals surface area contributed by atoms with Gasteiger partial charge in [0.1, 0.15) is 18.3 Å².